The molecule has 0 saturated carbocycles. The summed E-state index contributed by atoms with van der Waals surface area (Å²) in [4.78, 5) is 11.1. The van der Waals surface area contributed by atoms with Crippen molar-refractivity contribution in [3.63, 3.8) is 0 Å². The molecule has 0 radical (unpaired) electrons. The van der Waals surface area contributed by atoms with Gasteiger partial charge in [-0.2, -0.15) is 13.2 Å². The van der Waals surface area contributed by atoms with E-state index in [1.54, 1.807) is 0 Å². The van der Waals surface area contributed by atoms with E-state index < -0.39 is 23.2 Å². The Labute approximate surface area is 125 Å². The standard InChI is InChI=1S/C16H14F3NO2/c17-16(18,19)14-10-12(6-7-13(14)15(20)21)22-9-8-11-4-2-1-3-5-11/h1-7,10H,8-9H2,(H2,20,21). The van der Waals surface area contributed by atoms with Crippen molar-refractivity contribution in [2.24, 2.45) is 5.73 Å². The number of hydrogen-bond donors (Lipinski definition) is 1. The highest BCUT2D eigenvalue weighted by Crippen LogP contribution is 2.34. The zero-order valence-corrected chi connectivity index (χ0v) is 11.6. The minimum atomic E-state index is -4.66. The zero-order valence-electron chi connectivity index (χ0n) is 11.6. The predicted molar refractivity (Wildman–Crippen MR) is 75.6 cm³/mol. The van der Waals surface area contributed by atoms with Gasteiger partial charge in [-0.3, -0.25) is 4.79 Å². The second kappa shape index (κ2) is 6.51. The second-order valence-electron chi connectivity index (χ2n) is 4.65. The number of carbonyl (C=O) groups is 1. The maximum atomic E-state index is 12.9. The first-order valence-electron chi connectivity index (χ1n) is 6.55. The van der Waals surface area contributed by atoms with Crippen molar-refractivity contribution in [2.75, 3.05) is 6.61 Å². The molecule has 0 aliphatic carbocycles. The summed E-state index contributed by atoms with van der Waals surface area (Å²) >= 11 is 0. The van der Waals surface area contributed by atoms with E-state index in [-0.39, 0.29) is 12.4 Å². The third-order valence-electron chi connectivity index (χ3n) is 3.06. The normalized spacial score (nSPS) is 11.2. The zero-order chi connectivity index (χ0) is 16.2. The third-order valence-corrected chi connectivity index (χ3v) is 3.06. The number of carbonyl (C=O) groups excluding carboxylic acids is 1. The monoisotopic (exact) mass is 309 g/mol. The number of alkyl halides is 3. The molecule has 1 amide bonds. The largest absolute Gasteiger partial charge is 0.493 e. The number of ether oxygens (including phenoxy) is 1. The van der Waals surface area contributed by atoms with Gasteiger partial charge in [0.25, 0.3) is 0 Å². The van der Waals surface area contributed by atoms with Gasteiger partial charge in [0.05, 0.1) is 17.7 Å². The van der Waals surface area contributed by atoms with Crippen LogP contribution in [0.3, 0.4) is 0 Å². The van der Waals surface area contributed by atoms with Crippen LogP contribution < -0.4 is 10.5 Å². The molecule has 2 rings (SSSR count). The van der Waals surface area contributed by atoms with Crippen LogP contribution in [0.5, 0.6) is 5.75 Å². The predicted octanol–water partition coefficient (Wildman–Crippen LogP) is 3.43. The fourth-order valence-electron chi connectivity index (χ4n) is 1.99. The Bertz CT molecular complexity index is 654. The Hall–Kier alpha value is -2.50. The minimum Gasteiger partial charge on any atom is -0.493 e. The summed E-state index contributed by atoms with van der Waals surface area (Å²) in [6.45, 7) is 0.233. The van der Waals surface area contributed by atoms with E-state index in [4.69, 9.17) is 10.5 Å². The quantitative estimate of drug-likeness (QED) is 0.920. The van der Waals surface area contributed by atoms with Crippen molar-refractivity contribution in [3.05, 3.63) is 65.2 Å². The van der Waals surface area contributed by atoms with Gasteiger partial charge in [-0.25, -0.2) is 0 Å². The lowest BCUT2D eigenvalue weighted by Gasteiger charge is -2.13. The van der Waals surface area contributed by atoms with Crippen LogP contribution in [0.25, 0.3) is 0 Å². The SMILES string of the molecule is NC(=O)c1ccc(OCCc2ccccc2)cc1C(F)(F)F. The van der Waals surface area contributed by atoms with Crippen LogP contribution in [0.2, 0.25) is 0 Å². The van der Waals surface area contributed by atoms with E-state index in [9.17, 15) is 18.0 Å². The third kappa shape index (κ3) is 4.00. The number of primary amides is 1. The van der Waals surface area contributed by atoms with Gasteiger partial charge < -0.3 is 10.5 Å². The lowest BCUT2D eigenvalue weighted by molar-refractivity contribution is -0.138. The number of amides is 1. The molecule has 0 aliphatic rings. The van der Waals surface area contributed by atoms with Crippen LogP contribution in [-0.2, 0) is 12.6 Å². The lowest BCUT2D eigenvalue weighted by atomic mass is 10.1. The fourth-order valence-corrected chi connectivity index (χ4v) is 1.99. The number of rotatable bonds is 5. The van der Waals surface area contributed by atoms with Crippen molar-refractivity contribution in [1.82, 2.24) is 0 Å². The van der Waals surface area contributed by atoms with Gasteiger partial charge in [-0.1, -0.05) is 30.3 Å². The first-order chi connectivity index (χ1) is 10.4. The van der Waals surface area contributed by atoms with Gasteiger partial charge in [0.15, 0.2) is 0 Å². The Balaban J connectivity index is 2.10. The molecule has 0 saturated heterocycles. The van der Waals surface area contributed by atoms with Crippen LogP contribution in [0.4, 0.5) is 13.2 Å². The highest BCUT2D eigenvalue weighted by molar-refractivity contribution is 5.94. The van der Waals surface area contributed by atoms with Gasteiger partial charge in [0.2, 0.25) is 5.91 Å². The van der Waals surface area contributed by atoms with Crippen LogP contribution in [0.15, 0.2) is 48.5 Å². The van der Waals surface area contributed by atoms with E-state index in [1.807, 2.05) is 30.3 Å². The van der Waals surface area contributed by atoms with Gasteiger partial charge in [0.1, 0.15) is 5.75 Å². The number of halogens is 3. The molecule has 22 heavy (non-hydrogen) atoms. The lowest BCUT2D eigenvalue weighted by Crippen LogP contribution is -2.19. The minimum absolute atomic E-state index is 0.0493. The fraction of sp³-hybridized carbons (Fsp3) is 0.188. The highest BCUT2D eigenvalue weighted by atomic mass is 19.4. The number of nitrogens with two attached hydrogens (primary N) is 1. The van der Waals surface area contributed by atoms with Gasteiger partial charge in [-0.15, -0.1) is 0 Å². The average Bonchev–Trinajstić information content (AvgIpc) is 2.47. The van der Waals surface area contributed by atoms with E-state index in [0.717, 1.165) is 17.7 Å². The highest BCUT2D eigenvalue weighted by Gasteiger charge is 2.35. The van der Waals surface area contributed by atoms with Gasteiger partial charge >= 0.3 is 6.18 Å². The summed E-state index contributed by atoms with van der Waals surface area (Å²) in [5.41, 5.74) is 4.33. The van der Waals surface area contributed by atoms with Crippen LogP contribution in [-0.4, -0.2) is 12.5 Å². The van der Waals surface area contributed by atoms with Crippen molar-refractivity contribution < 1.29 is 22.7 Å². The molecule has 0 spiro atoms. The molecule has 0 atom stereocenters. The summed E-state index contributed by atoms with van der Waals surface area (Å²) in [6.07, 6.45) is -4.09. The van der Waals surface area contributed by atoms with Crippen molar-refractivity contribution >= 4 is 5.91 Å². The molecule has 0 aliphatic heterocycles. The summed E-state index contributed by atoms with van der Waals surface area (Å²) in [5, 5.41) is 0. The molecule has 0 bridgehead atoms. The Morgan fingerprint density at radius 1 is 1.09 bits per heavy atom. The molecule has 3 nitrogen and oxygen atoms in total. The van der Waals surface area contributed by atoms with Crippen LogP contribution in [0, 0.1) is 0 Å². The Morgan fingerprint density at radius 2 is 1.77 bits per heavy atom. The topological polar surface area (TPSA) is 52.3 Å². The van der Waals surface area contributed by atoms with Crippen molar-refractivity contribution in [1.29, 1.82) is 0 Å². The van der Waals surface area contributed by atoms with Crippen LogP contribution in [0.1, 0.15) is 21.5 Å². The van der Waals surface area contributed by atoms with Crippen molar-refractivity contribution in [2.45, 2.75) is 12.6 Å². The molecular formula is C16H14F3NO2. The van der Waals surface area contributed by atoms with Gasteiger partial charge in [0, 0.05) is 6.42 Å². The van der Waals surface area contributed by atoms with E-state index in [2.05, 4.69) is 0 Å². The molecule has 2 aromatic rings. The molecule has 116 valence electrons. The smallest absolute Gasteiger partial charge is 0.417 e. The first kappa shape index (κ1) is 15.9. The van der Waals surface area contributed by atoms with Crippen LogP contribution >= 0.6 is 0 Å². The molecule has 0 fully saturated rings. The van der Waals surface area contributed by atoms with E-state index >= 15 is 0 Å². The number of benzene rings is 2. The molecule has 0 aromatic heterocycles. The summed E-state index contributed by atoms with van der Waals surface area (Å²) < 4.78 is 44.1. The maximum absolute atomic E-state index is 12.9. The molecule has 0 heterocycles. The molecule has 2 N–H and O–H groups in total. The Kier molecular flexibility index (Phi) is 4.70. The Morgan fingerprint density at radius 3 is 2.36 bits per heavy atom. The van der Waals surface area contributed by atoms with Crippen molar-refractivity contribution in [3.8, 4) is 5.75 Å². The summed E-state index contributed by atoms with van der Waals surface area (Å²) in [5.74, 6) is -1.07. The molecule has 0 unspecified atom stereocenters. The summed E-state index contributed by atoms with van der Waals surface area (Å²) in [7, 11) is 0. The first-order valence-corrected chi connectivity index (χ1v) is 6.55. The van der Waals surface area contributed by atoms with E-state index in [0.29, 0.717) is 6.42 Å². The molecule has 2 aromatic carbocycles. The summed E-state index contributed by atoms with van der Waals surface area (Å²) in [6, 6.07) is 12.6. The number of hydrogen-bond acceptors (Lipinski definition) is 2. The maximum Gasteiger partial charge on any atom is 0.417 e. The van der Waals surface area contributed by atoms with E-state index in [1.165, 1.54) is 6.07 Å². The molecule has 6 heteroatoms. The average molecular weight is 309 g/mol. The molecular weight excluding hydrogens is 295 g/mol. The van der Waals surface area contributed by atoms with Gasteiger partial charge in [-0.05, 0) is 23.8 Å². The second-order valence-corrected chi connectivity index (χ2v) is 4.65.